The summed E-state index contributed by atoms with van der Waals surface area (Å²) in [5.74, 6) is 0.263. The zero-order valence-electron chi connectivity index (χ0n) is 13.3. The van der Waals surface area contributed by atoms with Crippen LogP contribution in [0.25, 0.3) is 0 Å². The third-order valence-electron chi connectivity index (χ3n) is 3.74. The van der Waals surface area contributed by atoms with Crippen molar-refractivity contribution in [1.29, 1.82) is 0 Å². The van der Waals surface area contributed by atoms with E-state index in [2.05, 4.69) is 17.6 Å². The predicted octanol–water partition coefficient (Wildman–Crippen LogP) is 3.11. The van der Waals surface area contributed by atoms with E-state index in [9.17, 15) is 9.59 Å². The highest BCUT2D eigenvalue weighted by Crippen LogP contribution is 2.28. The molecule has 0 aromatic heterocycles. The summed E-state index contributed by atoms with van der Waals surface area (Å²) in [5.41, 5.74) is 1.16. The lowest BCUT2D eigenvalue weighted by Gasteiger charge is -2.19. The van der Waals surface area contributed by atoms with Gasteiger partial charge in [-0.1, -0.05) is 32.6 Å². The maximum absolute atomic E-state index is 12.2. The lowest BCUT2D eigenvalue weighted by Crippen LogP contribution is -2.32. The first-order chi connectivity index (χ1) is 10.6. The normalized spacial score (nSPS) is 14.5. The van der Waals surface area contributed by atoms with Gasteiger partial charge in [-0.25, -0.2) is 0 Å². The molecule has 0 radical (unpaired) electrons. The zero-order valence-corrected chi connectivity index (χ0v) is 13.3. The van der Waals surface area contributed by atoms with Gasteiger partial charge in [0.2, 0.25) is 0 Å². The molecule has 5 heteroatoms. The molecule has 0 spiro atoms. The summed E-state index contributed by atoms with van der Waals surface area (Å²) in [6.07, 6.45) is 5.79. The van der Waals surface area contributed by atoms with E-state index in [1.165, 1.54) is 19.3 Å². The molecular formula is C17H24N2O3. The Kier molecular flexibility index (Phi) is 5.81. The van der Waals surface area contributed by atoms with Crippen LogP contribution in [-0.4, -0.2) is 24.5 Å². The van der Waals surface area contributed by atoms with Crippen molar-refractivity contribution in [3.63, 3.8) is 0 Å². The van der Waals surface area contributed by atoms with Gasteiger partial charge in [-0.05, 0) is 31.5 Å². The predicted molar refractivity (Wildman–Crippen MR) is 86.3 cm³/mol. The minimum atomic E-state index is -0.176. The van der Waals surface area contributed by atoms with Gasteiger partial charge in [-0.15, -0.1) is 0 Å². The first-order valence-electron chi connectivity index (χ1n) is 7.97. The van der Waals surface area contributed by atoms with Gasteiger partial charge >= 0.3 is 0 Å². The maximum atomic E-state index is 12.2. The molecule has 0 aliphatic carbocycles. The summed E-state index contributed by atoms with van der Waals surface area (Å²) >= 11 is 0. The molecule has 2 N–H and O–H groups in total. The Labute approximate surface area is 131 Å². The van der Waals surface area contributed by atoms with Crippen LogP contribution in [0.1, 0.15) is 56.3 Å². The number of rotatable bonds is 7. The van der Waals surface area contributed by atoms with Crippen LogP contribution in [0.5, 0.6) is 5.75 Å². The molecule has 120 valence electrons. The summed E-state index contributed by atoms with van der Waals surface area (Å²) in [5, 5.41) is 5.72. The van der Waals surface area contributed by atoms with E-state index in [0.29, 0.717) is 17.0 Å². The molecular weight excluding hydrogens is 280 g/mol. The number of nitrogens with one attached hydrogen (secondary N) is 2. The van der Waals surface area contributed by atoms with Gasteiger partial charge < -0.3 is 15.4 Å². The van der Waals surface area contributed by atoms with Gasteiger partial charge in [0.15, 0.2) is 6.61 Å². The molecule has 0 bridgehead atoms. The lowest BCUT2D eigenvalue weighted by atomic mass is 10.1. The molecule has 5 nitrogen and oxygen atoms in total. The summed E-state index contributed by atoms with van der Waals surface area (Å²) < 4.78 is 5.33. The molecule has 1 aliphatic heterocycles. The Bertz CT molecular complexity index is 543. The first-order valence-corrected chi connectivity index (χ1v) is 7.97. The van der Waals surface area contributed by atoms with Crippen LogP contribution in [0, 0.1) is 0 Å². The minimum Gasteiger partial charge on any atom is -0.482 e. The summed E-state index contributed by atoms with van der Waals surface area (Å²) in [7, 11) is 0. The topological polar surface area (TPSA) is 67.4 Å². The van der Waals surface area contributed by atoms with Crippen LogP contribution in [0.15, 0.2) is 18.2 Å². The van der Waals surface area contributed by atoms with Crippen molar-refractivity contribution in [3.8, 4) is 5.75 Å². The van der Waals surface area contributed by atoms with Crippen LogP contribution in [-0.2, 0) is 4.79 Å². The molecule has 22 heavy (non-hydrogen) atoms. The Morgan fingerprint density at radius 1 is 1.36 bits per heavy atom. The monoisotopic (exact) mass is 304 g/mol. The third kappa shape index (κ3) is 4.48. The van der Waals surface area contributed by atoms with Crippen molar-refractivity contribution < 1.29 is 14.3 Å². The largest absolute Gasteiger partial charge is 0.482 e. The molecule has 0 fully saturated rings. The number of benzene rings is 1. The van der Waals surface area contributed by atoms with Crippen LogP contribution < -0.4 is 15.4 Å². The lowest BCUT2D eigenvalue weighted by molar-refractivity contribution is -0.118. The number of anilines is 1. The molecule has 0 unspecified atom stereocenters. The number of amides is 2. The maximum Gasteiger partial charge on any atom is 0.262 e. The molecule has 1 aromatic rings. The molecule has 1 heterocycles. The first kappa shape index (κ1) is 16.3. The molecule has 0 saturated heterocycles. The second-order valence-electron chi connectivity index (χ2n) is 5.77. The average Bonchev–Trinajstić information content (AvgIpc) is 2.51. The van der Waals surface area contributed by atoms with E-state index in [1.807, 2.05) is 6.92 Å². The Morgan fingerprint density at radius 2 is 2.18 bits per heavy atom. The van der Waals surface area contributed by atoms with Gasteiger partial charge in [0, 0.05) is 11.6 Å². The fourth-order valence-electron chi connectivity index (χ4n) is 2.47. The van der Waals surface area contributed by atoms with Crippen molar-refractivity contribution >= 4 is 17.5 Å². The van der Waals surface area contributed by atoms with Crippen LogP contribution in [0.2, 0.25) is 0 Å². The van der Waals surface area contributed by atoms with Crippen molar-refractivity contribution in [2.45, 2.75) is 52.0 Å². The highest BCUT2D eigenvalue weighted by molar-refractivity contribution is 5.99. The third-order valence-corrected chi connectivity index (χ3v) is 3.74. The van der Waals surface area contributed by atoms with Gasteiger partial charge in [-0.3, -0.25) is 9.59 Å². The van der Waals surface area contributed by atoms with Gasteiger partial charge in [0.1, 0.15) is 5.75 Å². The van der Waals surface area contributed by atoms with E-state index in [4.69, 9.17) is 4.74 Å². The molecule has 1 aliphatic rings. The summed E-state index contributed by atoms with van der Waals surface area (Å²) in [4.78, 5) is 23.5. The van der Waals surface area contributed by atoms with Crippen LogP contribution >= 0.6 is 0 Å². The SMILES string of the molecule is CCCCCC[C@@H](C)NC(=O)c1ccc2c(c1)OCC(=O)N2. The Balaban J connectivity index is 1.88. The van der Waals surface area contributed by atoms with Crippen molar-refractivity contribution in [3.05, 3.63) is 23.8 Å². The molecule has 2 rings (SSSR count). The van der Waals surface area contributed by atoms with Crippen molar-refractivity contribution in [1.82, 2.24) is 5.32 Å². The number of fused-ring (bicyclic) bond motifs is 1. The number of hydrogen-bond acceptors (Lipinski definition) is 3. The molecule has 1 atom stereocenters. The second-order valence-corrected chi connectivity index (χ2v) is 5.77. The van der Waals surface area contributed by atoms with Gasteiger partial charge in [-0.2, -0.15) is 0 Å². The fourth-order valence-corrected chi connectivity index (χ4v) is 2.47. The van der Waals surface area contributed by atoms with Crippen molar-refractivity contribution in [2.24, 2.45) is 0 Å². The standard InChI is InChI=1S/C17H24N2O3/c1-3-4-5-6-7-12(2)18-17(21)13-8-9-14-15(10-13)22-11-16(20)19-14/h8-10,12H,3-7,11H2,1-2H3,(H,18,21)(H,19,20)/t12-/m1/s1. The molecule has 2 amide bonds. The molecule has 1 aromatic carbocycles. The van der Waals surface area contributed by atoms with Crippen LogP contribution in [0.3, 0.4) is 0 Å². The highest BCUT2D eigenvalue weighted by atomic mass is 16.5. The van der Waals surface area contributed by atoms with E-state index >= 15 is 0 Å². The number of ether oxygens (including phenoxy) is 1. The van der Waals surface area contributed by atoms with Crippen LogP contribution in [0.4, 0.5) is 5.69 Å². The number of unbranched alkanes of at least 4 members (excludes halogenated alkanes) is 3. The van der Waals surface area contributed by atoms with E-state index in [1.54, 1.807) is 18.2 Å². The van der Waals surface area contributed by atoms with Gasteiger partial charge in [0.05, 0.1) is 5.69 Å². The Morgan fingerprint density at radius 3 is 2.95 bits per heavy atom. The Hall–Kier alpha value is -2.04. The number of carbonyl (C=O) groups excluding carboxylic acids is 2. The van der Waals surface area contributed by atoms with E-state index in [0.717, 1.165) is 12.8 Å². The number of hydrogen-bond donors (Lipinski definition) is 2. The molecule has 0 saturated carbocycles. The summed E-state index contributed by atoms with van der Waals surface area (Å²) in [6.45, 7) is 4.21. The zero-order chi connectivity index (χ0) is 15.9. The smallest absolute Gasteiger partial charge is 0.262 e. The summed E-state index contributed by atoms with van der Waals surface area (Å²) in [6, 6.07) is 5.23. The average molecular weight is 304 g/mol. The van der Waals surface area contributed by atoms with E-state index in [-0.39, 0.29) is 24.5 Å². The van der Waals surface area contributed by atoms with E-state index < -0.39 is 0 Å². The number of carbonyl (C=O) groups is 2. The van der Waals surface area contributed by atoms with Gasteiger partial charge in [0.25, 0.3) is 11.8 Å². The van der Waals surface area contributed by atoms with Crippen molar-refractivity contribution in [2.75, 3.05) is 11.9 Å². The quantitative estimate of drug-likeness (QED) is 0.761. The second kappa shape index (κ2) is 7.82. The minimum absolute atomic E-state index is 0.00803. The fraction of sp³-hybridized carbons (Fsp3) is 0.529. The highest BCUT2D eigenvalue weighted by Gasteiger charge is 2.18.